The van der Waals surface area contributed by atoms with E-state index < -0.39 is 29.0 Å². The Morgan fingerprint density at radius 1 is 1.19 bits per heavy atom. The van der Waals surface area contributed by atoms with Crippen molar-refractivity contribution in [2.45, 2.75) is 6.61 Å². The molecule has 0 bridgehead atoms. The molecule has 2 aromatic rings. The number of carbonyl (C=O) groups excluding carboxylic acids is 1. The third kappa shape index (κ3) is 3.50. The zero-order valence-electron chi connectivity index (χ0n) is 10.9. The molecule has 0 N–H and O–H groups in total. The van der Waals surface area contributed by atoms with Gasteiger partial charge in [0, 0.05) is 24.4 Å². The van der Waals surface area contributed by atoms with Gasteiger partial charge in [-0.1, -0.05) is 0 Å². The maximum atomic E-state index is 13.4. The number of rotatable bonds is 4. The second kappa shape index (κ2) is 6.25. The molecule has 0 aliphatic rings. The molecule has 0 radical (unpaired) electrons. The quantitative estimate of drug-likeness (QED) is 0.814. The lowest BCUT2D eigenvalue weighted by Gasteiger charge is -2.07. The van der Waals surface area contributed by atoms with E-state index in [0.29, 0.717) is 23.6 Å². The first kappa shape index (κ1) is 14.8. The standard InChI is InChI=1S/C14H10F3NO3/c1-20-10-2-3-18-9(6-10)7-21-14(19)13-11(16)4-8(15)5-12(13)17/h2-6H,7H2,1H3. The third-order valence-corrected chi connectivity index (χ3v) is 2.59. The molecule has 0 unspecified atom stereocenters. The van der Waals surface area contributed by atoms with Crippen molar-refractivity contribution in [1.82, 2.24) is 4.98 Å². The number of hydrogen-bond acceptors (Lipinski definition) is 4. The van der Waals surface area contributed by atoms with E-state index in [9.17, 15) is 18.0 Å². The Labute approximate surface area is 118 Å². The highest BCUT2D eigenvalue weighted by Gasteiger charge is 2.20. The number of ether oxygens (including phenoxy) is 2. The molecule has 0 atom stereocenters. The third-order valence-electron chi connectivity index (χ3n) is 2.59. The Balaban J connectivity index is 2.12. The van der Waals surface area contributed by atoms with Crippen LogP contribution in [0.5, 0.6) is 5.75 Å². The molecule has 2 rings (SSSR count). The molecule has 1 aromatic carbocycles. The van der Waals surface area contributed by atoms with Gasteiger partial charge in [0.1, 0.15) is 35.4 Å². The lowest BCUT2D eigenvalue weighted by Crippen LogP contribution is -2.11. The fourth-order valence-corrected chi connectivity index (χ4v) is 1.61. The summed E-state index contributed by atoms with van der Waals surface area (Å²) in [6.45, 7) is -0.299. The Kier molecular flexibility index (Phi) is 4.42. The zero-order chi connectivity index (χ0) is 15.4. The van der Waals surface area contributed by atoms with E-state index in [0.717, 1.165) is 0 Å². The number of hydrogen-bond donors (Lipinski definition) is 0. The first-order chi connectivity index (χ1) is 10.0. The van der Waals surface area contributed by atoms with Crippen LogP contribution in [0.2, 0.25) is 0 Å². The monoisotopic (exact) mass is 297 g/mol. The summed E-state index contributed by atoms with van der Waals surface area (Å²) in [5.74, 6) is -4.51. The van der Waals surface area contributed by atoms with Gasteiger partial charge in [-0.3, -0.25) is 4.98 Å². The second-order valence-corrected chi connectivity index (χ2v) is 4.01. The van der Waals surface area contributed by atoms with Gasteiger partial charge in [-0.15, -0.1) is 0 Å². The van der Waals surface area contributed by atoms with E-state index in [4.69, 9.17) is 9.47 Å². The maximum Gasteiger partial charge on any atom is 0.344 e. The van der Waals surface area contributed by atoms with E-state index in [1.54, 1.807) is 6.07 Å². The number of carbonyl (C=O) groups is 1. The molecule has 0 saturated heterocycles. The Morgan fingerprint density at radius 2 is 1.86 bits per heavy atom. The molecule has 1 heterocycles. The number of esters is 1. The summed E-state index contributed by atoms with van der Waals surface area (Å²) in [5, 5.41) is 0. The normalized spacial score (nSPS) is 10.3. The molecule has 7 heteroatoms. The van der Waals surface area contributed by atoms with Crippen LogP contribution in [0.25, 0.3) is 0 Å². The van der Waals surface area contributed by atoms with Gasteiger partial charge in [0.25, 0.3) is 0 Å². The number of pyridine rings is 1. The molecule has 0 fully saturated rings. The Morgan fingerprint density at radius 3 is 2.48 bits per heavy atom. The lowest BCUT2D eigenvalue weighted by molar-refractivity contribution is 0.0456. The van der Waals surface area contributed by atoms with Crippen LogP contribution >= 0.6 is 0 Å². The van der Waals surface area contributed by atoms with Gasteiger partial charge in [-0.25, -0.2) is 18.0 Å². The highest BCUT2D eigenvalue weighted by atomic mass is 19.1. The molecule has 0 amide bonds. The average molecular weight is 297 g/mol. The van der Waals surface area contributed by atoms with Crippen LogP contribution in [0.3, 0.4) is 0 Å². The number of halogens is 3. The van der Waals surface area contributed by atoms with Crippen molar-refractivity contribution in [3.63, 3.8) is 0 Å². The minimum atomic E-state index is -1.32. The van der Waals surface area contributed by atoms with Crippen molar-refractivity contribution >= 4 is 5.97 Å². The van der Waals surface area contributed by atoms with E-state index in [1.807, 2.05) is 0 Å². The van der Waals surface area contributed by atoms with Crippen molar-refractivity contribution in [1.29, 1.82) is 0 Å². The van der Waals surface area contributed by atoms with Gasteiger partial charge in [0.2, 0.25) is 0 Å². The summed E-state index contributed by atoms with van der Waals surface area (Å²) in [6.07, 6.45) is 1.43. The summed E-state index contributed by atoms with van der Waals surface area (Å²) in [5.41, 5.74) is -0.607. The highest BCUT2D eigenvalue weighted by Crippen LogP contribution is 2.17. The number of nitrogens with zero attached hydrogens (tertiary/aromatic N) is 1. The molecule has 4 nitrogen and oxygen atoms in total. The van der Waals surface area contributed by atoms with Crippen LogP contribution in [0, 0.1) is 17.5 Å². The first-order valence-corrected chi connectivity index (χ1v) is 5.82. The van der Waals surface area contributed by atoms with Gasteiger partial charge in [-0.05, 0) is 6.07 Å². The zero-order valence-corrected chi connectivity index (χ0v) is 10.9. The Bertz CT molecular complexity index is 653. The average Bonchev–Trinajstić information content (AvgIpc) is 2.44. The Hall–Kier alpha value is -2.57. The molecule has 110 valence electrons. The smallest absolute Gasteiger partial charge is 0.344 e. The van der Waals surface area contributed by atoms with Crippen LogP contribution in [-0.4, -0.2) is 18.1 Å². The molecule has 0 saturated carbocycles. The van der Waals surface area contributed by atoms with E-state index in [2.05, 4.69) is 4.98 Å². The summed E-state index contributed by atoms with van der Waals surface area (Å²) in [6, 6.07) is 3.90. The van der Waals surface area contributed by atoms with Crippen LogP contribution in [0.1, 0.15) is 16.1 Å². The fraction of sp³-hybridized carbons (Fsp3) is 0.143. The number of aromatic nitrogens is 1. The summed E-state index contributed by atoms with van der Waals surface area (Å²) < 4.78 is 49.2. The van der Waals surface area contributed by atoms with Crippen molar-refractivity contribution < 1.29 is 27.4 Å². The summed E-state index contributed by atoms with van der Waals surface area (Å²) in [7, 11) is 1.45. The van der Waals surface area contributed by atoms with Crippen LogP contribution in [-0.2, 0) is 11.3 Å². The van der Waals surface area contributed by atoms with Crippen molar-refractivity contribution in [2.75, 3.05) is 7.11 Å². The van der Waals surface area contributed by atoms with Crippen LogP contribution < -0.4 is 4.74 Å². The molecule has 0 spiro atoms. The topological polar surface area (TPSA) is 48.4 Å². The fourth-order valence-electron chi connectivity index (χ4n) is 1.61. The first-order valence-electron chi connectivity index (χ1n) is 5.82. The van der Waals surface area contributed by atoms with E-state index in [1.165, 1.54) is 19.4 Å². The van der Waals surface area contributed by atoms with Gasteiger partial charge in [-0.2, -0.15) is 0 Å². The van der Waals surface area contributed by atoms with E-state index in [-0.39, 0.29) is 6.61 Å². The lowest BCUT2D eigenvalue weighted by atomic mass is 10.2. The number of methoxy groups -OCH3 is 1. The summed E-state index contributed by atoms with van der Waals surface area (Å²) in [4.78, 5) is 15.5. The van der Waals surface area contributed by atoms with Crippen molar-refractivity contribution in [2.24, 2.45) is 0 Å². The van der Waals surface area contributed by atoms with Gasteiger partial charge in [0.05, 0.1) is 12.8 Å². The van der Waals surface area contributed by atoms with Crippen molar-refractivity contribution in [3.05, 3.63) is 59.2 Å². The molecule has 1 aromatic heterocycles. The molecule has 0 aliphatic heterocycles. The van der Waals surface area contributed by atoms with Crippen LogP contribution in [0.4, 0.5) is 13.2 Å². The molecular weight excluding hydrogens is 287 g/mol. The van der Waals surface area contributed by atoms with Crippen molar-refractivity contribution in [3.8, 4) is 5.75 Å². The summed E-state index contributed by atoms with van der Waals surface area (Å²) >= 11 is 0. The maximum absolute atomic E-state index is 13.4. The molecular formula is C14H10F3NO3. The van der Waals surface area contributed by atoms with Gasteiger partial charge in [0.15, 0.2) is 0 Å². The number of benzene rings is 1. The van der Waals surface area contributed by atoms with Crippen LogP contribution in [0.15, 0.2) is 30.5 Å². The highest BCUT2D eigenvalue weighted by molar-refractivity contribution is 5.90. The van der Waals surface area contributed by atoms with E-state index >= 15 is 0 Å². The molecule has 21 heavy (non-hydrogen) atoms. The largest absolute Gasteiger partial charge is 0.497 e. The minimum absolute atomic E-state index is 0.299. The second-order valence-electron chi connectivity index (χ2n) is 4.01. The SMILES string of the molecule is COc1ccnc(COC(=O)c2c(F)cc(F)cc2F)c1. The predicted octanol–water partition coefficient (Wildman–Crippen LogP) is 2.86. The van der Waals surface area contributed by atoms with Gasteiger partial charge < -0.3 is 9.47 Å². The molecule has 0 aliphatic carbocycles. The van der Waals surface area contributed by atoms with Gasteiger partial charge >= 0.3 is 5.97 Å². The minimum Gasteiger partial charge on any atom is -0.497 e. The predicted molar refractivity (Wildman–Crippen MR) is 66.2 cm³/mol.